The van der Waals surface area contributed by atoms with Crippen molar-refractivity contribution in [2.75, 3.05) is 24.4 Å². The van der Waals surface area contributed by atoms with E-state index in [9.17, 15) is 14.7 Å². The molecule has 0 saturated carbocycles. The average Bonchev–Trinajstić information content (AvgIpc) is 3.52. The summed E-state index contributed by atoms with van der Waals surface area (Å²) < 4.78 is 16.8. The van der Waals surface area contributed by atoms with E-state index in [0.29, 0.717) is 40.2 Å². The zero-order valence-electron chi connectivity index (χ0n) is 21.6. The molecule has 1 aromatic heterocycles. The van der Waals surface area contributed by atoms with Gasteiger partial charge in [-0.3, -0.25) is 14.5 Å². The van der Waals surface area contributed by atoms with Crippen LogP contribution in [0.5, 0.6) is 17.4 Å². The molecule has 10 nitrogen and oxygen atoms in total. The molecule has 0 saturated heterocycles. The summed E-state index contributed by atoms with van der Waals surface area (Å²) in [6.07, 6.45) is 1.66. The lowest BCUT2D eigenvalue weighted by Crippen LogP contribution is -2.39. The molecule has 1 aliphatic rings. The van der Waals surface area contributed by atoms with Gasteiger partial charge in [-0.15, -0.1) is 0 Å². The molecule has 0 atom stereocenters. The molecule has 2 heterocycles. The highest BCUT2D eigenvalue weighted by molar-refractivity contribution is 8.14. The van der Waals surface area contributed by atoms with E-state index in [2.05, 4.69) is 10.3 Å². The first-order valence-corrected chi connectivity index (χ1v) is 13.3. The van der Waals surface area contributed by atoms with Gasteiger partial charge in [0.05, 0.1) is 30.4 Å². The third-order valence-electron chi connectivity index (χ3n) is 5.88. The number of aliphatic imine (C=N–C) groups is 1. The van der Waals surface area contributed by atoms with Gasteiger partial charge in [-0.2, -0.15) is 0 Å². The van der Waals surface area contributed by atoms with Crippen molar-refractivity contribution >= 4 is 40.4 Å². The summed E-state index contributed by atoms with van der Waals surface area (Å²) in [5.41, 5.74) is 1.70. The predicted octanol–water partition coefficient (Wildman–Crippen LogP) is 3.79. The first kappa shape index (κ1) is 26.7. The van der Waals surface area contributed by atoms with E-state index in [4.69, 9.17) is 14.0 Å². The molecule has 0 aliphatic carbocycles. The minimum absolute atomic E-state index is 0.189. The van der Waals surface area contributed by atoms with Gasteiger partial charge >= 0.3 is 5.69 Å². The molecule has 1 amide bonds. The van der Waals surface area contributed by atoms with Crippen LogP contribution < -0.4 is 24.2 Å². The topological polar surface area (TPSA) is 121 Å². The number of Topliss-reactive ketones (excluding diaryl/α,β-unsaturated/α-hetero) is 1. The van der Waals surface area contributed by atoms with Crippen molar-refractivity contribution in [2.24, 2.45) is 4.99 Å². The number of methoxy groups -OCH3 is 1. The van der Waals surface area contributed by atoms with Gasteiger partial charge < -0.3 is 19.1 Å². The molecule has 11 heteroatoms. The Morgan fingerprint density at radius 2 is 1.80 bits per heavy atom. The predicted molar refractivity (Wildman–Crippen MR) is 148 cm³/mol. The Balaban J connectivity index is 1.44. The molecule has 4 aromatic rings. The summed E-state index contributed by atoms with van der Waals surface area (Å²) in [4.78, 5) is 32.8. The number of ether oxygens (including phenoxy) is 2. The molecule has 202 valence electrons. The fraction of sp³-hybridized carbons (Fsp3) is 0.138. The van der Waals surface area contributed by atoms with Crippen LogP contribution in [0.3, 0.4) is 0 Å². The third kappa shape index (κ3) is 5.45. The van der Waals surface area contributed by atoms with E-state index in [-0.39, 0.29) is 23.1 Å². The number of ketones is 1. The standard InChI is InChI=1S/C29H24N4O6S/c1-3-38-25-12-8-7-9-19(25)17-23-27(35)32(20-10-5-4-6-11-20)29(30-23)40-18-24(34)26-28(36)39-31-33(26)21-13-15-22(37-2)16-14-21/h4-17H,3,18H2,1-2H3/b23-17+. The number of nitrogens with zero attached hydrogens (tertiary/aromatic N) is 4. The SMILES string of the molecule is CCOc1ccccc1/C=C1/N=C(SCC(=O)c2c([O-])on[n+]2-c2ccc(OC)cc2)N(c2ccccc2)C1=O. The van der Waals surface area contributed by atoms with E-state index >= 15 is 0 Å². The van der Waals surface area contributed by atoms with Gasteiger partial charge in [0.1, 0.15) is 17.2 Å². The molecule has 40 heavy (non-hydrogen) atoms. The van der Waals surface area contributed by atoms with Gasteiger partial charge in [0.25, 0.3) is 5.91 Å². The highest BCUT2D eigenvalue weighted by Gasteiger charge is 2.34. The zero-order chi connectivity index (χ0) is 28.1. The fourth-order valence-electron chi connectivity index (χ4n) is 4.01. The Labute approximate surface area is 234 Å². The smallest absolute Gasteiger partial charge is 0.307 e. The quantitative estimate of drug-likeness (QED) is 0.173. The number of hydrogen-bond acceptors (Lipinski definition) is 9. The number of carbonyl (C=O) groups is 2. The van der Waals surface area contributed by atoms with Crippen LogP contribution in [0.25, 0.3) is 11.8 Å². The molecule has 0 unspecified atom stereocenters. The Morgan fingerprint density at radius 1 is 1.07 bits per heavy atom. The van der Waals surface area contributed by atoms with Crippen molar-refractivity contribution in [3.05, 3.63) is 95.8 Å². The van der Waals surface area contributed by atoms with Gasteiger partial charge in [0.2, 0.25) is 11.5 Å². The first-order valence-electron chi connectivity index (χ1n) is 12.3. The molecule has 1 aliphatic heterocycles. The monoisotopic (exact) mass is 556 g/mol. The molecule has 5 rings (SSSR count). The van der Waals surface area contributed by atoms with Crippen LogP contribution in [0, 0.1) is 0 Å². The van der Waals surface area contributed by atoms with Crippen LogP contribution >= 0.6 is 11.8 Å². The number of aromatic nitrogens is 2. The first-order chi connectivity index (χ1) is 19.5. The van der Waals surface area contributed by atoms with Crippen LogP contribution in [-0.4, -0.2) is 41.6 Å². The van der Waals surface area contributed by atoms with E-state index in [1.165, 1.54) is 12.0 Å². The highest BCUT2D eigenvalue weighted by atomic mass is 32.2. The molecular formula is C29H24N4O6S. The van der Waals surface area contributed by atoms with Crippen LogP contribution in [0.1, 0.15) is 23.0 Å². The van der Waals surface area contributed by atoms with Gasteiger partial charge in [0, 0.05) is 17.7 Å². The second-order valence-corrected chi connectivity index (χ2v) is 9.34. The molecule has 3 aromatic carbocycles. The van der Waals surface area contributed by atoms with Crippen LogP contribution in [-0.2, 0) is 4.79 Å². The second kappa shape index (κ2) is 11.9. The van der Waals surface area contributed by atoms with E-state index < -0.39 is 11.7 Å². The van der Waals surface area contributed by atoms with E-state index in [0.717, 1.165) is 16.4 Å². The Morgan fingerprint density at radius 3 is 2.52 bits per heavy atom. The van der Waals surface area contributed by atoms with Gasteiger partial charge in [0.15, 0.2) is 11.1 Å². The van der Waals surface area contributed by atoms with E-state index in [1.54, 1.807) is 54.6 Å². The maximum atomic E-state index is 13.5. The molecule has 0 bridgehead atoms. The second-order valence-electron chi connectivity index (χ2n) is 8.40. The molecule has 0 radical (unpaired) electrons. The number of hydrogen-bond donors (Lipinski definition) is 0. The number of carbonyl (C=O) groups excluding carboxylic acids is 2. The number of benzene rings is 3. The highest BCUT2D eigenvalue weighted by Crippen LogP contribution is 2.31. The largest absolute Gasteiger partial charge is 0.539 e. The zero-order valence-corrected chi connectivity index (χ0v) is 22.5. The summed E-state index contributed by atoms with van der Waals surface area (Å²) in [7, 11) is 1.54. The van der Waals surface area contributed by atoms with Gasteiger partial charge in [-0.05, 0) is 48.0 Å². The summed E-state index contributed by atoms with van der Waals surface area (Å²) in [6, 6.07) is 23.0. The average molecular weight is 557 g/mol. The van der Waals surface area contributed by atoms with Crippen LogP contribution in [0.4, 0.5) is 5.69 Å². The lowest BCUT2D eigenvalue weighted by Gasteiger charge is -2.17. The van der Waals surface area contributed by atoms with Crippen molar-refractivity contribution in [1.29, 1.82) is 0 Å². The number of rotatable bonds is 9. The third-order valence-corrected chi connectivity index (χ3v) is 6.82. The van der Waals surface area contributed by atoms with Gasteiger partial charge in [-0.25, -0.2) is 4.99 Å². The van der Waals surface area contributed by atoms with Crippen molar-refractivity contribution in [3.8, 4) is 23.1 Å². The summed E-state index contributed by atoms with van der Waals surface area (Å²) in [5.74, 6) is -0.702. The van der Waals surface area contributed by atoms with E-state index in [1.807, 2.05) is 37.3 Å². The normalized spacial score (nSPS) is 13.9. The molecular weight excluding hydrogens is 532 g/mol. The Hall–Kier alpha value is -4.90. The number of amidine groups is 1. The maximum absolute atomic E-state index is 13.5. The Kier molecular flexibility index (Phi) is 7.92. The lowest BCUT2D eigenvalue weighted by atomic mass is 10.1. The summed E-state index contributed by atoms with van der Waals surface area (Å²) >= 11 is 1.04. The molecule has 0 fully saturated rings. The number of amides is 1. The minimum atomic E-state index is -0.862. The lowest BCUT2D eigenvalue weighted by molar-refractivity contribution is -0.672. The van der Waals surface area contributed by atoms with Crippen molar-refractivity contribution in [1.82, 2.24) is 5.27 Å². The number of anilines is 1. The molecule has 0 spiro atoms. The van der Waals surface area contributed by atoms with Crippen molar-refractivity contribution in [2.45, 2.75) is 6.92 Å². The Bertz CT molecular complexity index is 1600. The maximum Gasteiger partial charge on any atom is 0.307 e. The number of para-hydroxylation sites is 2. The summed E-state index contributed by atoms with van der Waals surface area (Å²) in [5, 5.41) is 16.5. The number of thioether (sulfide) groups is 1. The van der Waals surface area contributed by atoms with Crippen molar-refractivity contribution in [3.63, 3.8) is 0 Å². The molecule has 0 N–H and O–H groups in total. The minimum Gasteiger partial charge on any atom is -0.539 e. The van der Waals surface area contributed by atoms with Crippen LogP contribution in [0.15, 0.2) is 94.1 Å². The van der Waals surface area contributed by atoms with Crippen molar-refractivity contribution < 1.29 is 33.4 Å². The summed E-state index contributed by atoms with van der Waals surface area (Å²) in [6.45, 7) is 2.35. The van der Waals surface area contributed by atoms with Crippen LogP contribution in [0.2, 0.25) is 0 Å². The fourth-order valence-corrected chi connectivity index (χ4v) is 4.89. The van der Waals surface area contributed by atoms with Gasteiger partial charge in [-0.1, -0.05) is 48.2 Å².